The number of amides is 1. The highest BCUT2D eigenvalue weighted by Gasteiger charge is 2.37. The Hall–Kier alpha value is -2.14. The van der Waals surface area contributed by atoms with Crippen LogP contribution < -0.4 is 5.56 Å². The van der Waals surface area contributed by atoms with E-state index in [2.05, 4.69) is 4.98 Å². The molecular weight excluding hydrogens is 292 g/mol. The van der Waals surface area contributed by atoms with Crippen molar-refractivity contribution in [3.8, 4) is 0 Å². The molecule has 4 rings (SSSR count). The summed E-state index contributed by atoms with van der Waals surface area (Å²) in [6, 6.07) is 9.26. The molecule has 0 radical (unpaired) electrons. The summed E-state index contributed by atoms with van der Waals surface area (Å²) in [7, 11) is 0. The number of aromatic nitrogens is 1. The molecule has 2 heterocycles. The Morgan fingerprint density at radius 1 is 1.22 bits per heavy atom. The quantitative estimate of drug-likeness (QED) is 0.879. The van der Waals surface area contributed by atoms with Crippen molar-refractivity contribution in [1.82, 2.24) is 9.88 Å². The molecule has 0 spiro atoms. The molecule has 2 atom stereocenters. The number of carbonyl (C=O) groups excluding carboxylic acids is 1. The maximum atomic E-state index is 13.0. The number of rotatable bonds is 1. The van der Waals surface area contributed by atoms with Crippen molar-refractivity contribution in [2.75, 3.05) is 13.2 Å². The van der Waals surface area contributed by atoms with E-state index in [9.17, 15) is 9.59 Å². The second-order valence-electron chi connectivity index (χ2n) is 6.36. The van der Waals surface area contributed by atoms with E-state index in [0.717, 1.165) is 31.1 Å². The molecule has 0 bridgehead atoms. The molecule has 1 N–H and O–H groups in total. The third-order valence-corrected chi connectivity index (χ3v) is 4.98. The molecule has 2 aromatic rings. The second kappa shape index (κ2) is 5.81. The first-order chi connectivity index (χ1) is 11.2. The standard InChI is InChI=1S/C18H20N2O3/c21-17-13-6-2-1-5-12(13)11-14(19-17)18(22)20-9-10-23-16-8-4-3-7-15(16)20/h1-2,5-6,11,15-16H,3-4,7-10H2,(H,19,21)/t15-,16+/m1/s1. The van der Waals surface area contributed by atoms with Gasteiger partial charge in [0.1, 0.15) is 5.69 Å². The molecular formula is C18H20N2O3. The van der Waals surface area contributed by atoms with Crippen molar-refractivity contribution in [2.24, 2.45) is 0 Å². The summed E-state index contributed by atoms with van der Waals surface area (Å²) in [6.45, 7) is 1.17. The lowest BCUT2D eigenvalue weighted by atomic mass is 9.90. The number of fused-ring (bicyclic) bond motifs is 2. The Morgan fingerprint density at radius 3 is 2.96 bits per heavy atom. The summed E-state index contributed by atoms with van der Waals surface area (Å²) in [5.74, 6) is -0.0898. The van der Waals surface area contributed by atoms with Crippen LogP contribution in [0.2, 0.25) is 0 Å². The SMILES string of the molecule is O=C(c1cc2ccccc2c(=O)[nH]1)N1CCO[C@H]2CCCC[C@H]21. The highest BCUT2D eigenvalue weighted by atomic mass is 16.5. The van der Waals surface area contributed by atoms with Gasteiger partial charge in [-0.3, -0.25) is 9.59 Å². The fraction of sp³-hybridized carbons (Fsp3) is 0.444. The van der Waals surface area contributed by atoms with E-state index in [4.69, 9.17) is 4.74 Å². The van der Waals surface area contributed by atoms with E-state index in [1.807, 2.05) is 23.1 Å². The molecule has 1 aromatic heterocycles. The Bertz CT molecular complexity index is 796. The van der Waals surface area contributed by atoms with E-state index in [1.165, 1.54) is 0 Å². The van der Waals surface area contributed by atoms with Crippen LogP contribution >= 0.6 is 0 Å². The number of nitrogens with zero attached hydrogens (tertiary/aromatic N) is 1. The lowest BCUT2D eigenvalue weighted by Gasteiger charge is -2.43. The molecule has 2 aliphatic rings. The van der Waals surface area contributed by atoms with Crippen LogP contribution in [0.15, 0.2) is 35.1 Å². The summed E-state index contributed by atoms with van der Waals surface area (Å²) in [6.07, 6.45) is 4.43. The summed E-state index contributed by atoms with van der Waals surface area (Å²) >= 11 is 0. The fourth-order valence-corrected chi connectivity index (χ4v) is 3.83. The number of pyridine rings is 1. The molecule has 120 valence electrons. The fourth-order valence-electron chi connectivity index (χ4n) is 3.83. The smallest absolute Gasteiger partial charge is 0.270 e. The Kier molecular flexibility index (Phi) is 3.65. The number of ether oxygens (including phenoxy) is 1. The zero-order chi connectivity index (χ0) is 15.8. The minimum Gasteiger partial charge on any atom is -0.374 e. The number of carbonyl (C=O) groups is 1. The number of morpholine rings is 1. The van der Waals surface area contributed by atoms with Gasteiger partial charge in [-0.05, 0) is 30.4 Å². The minimum absolute atomic E-state index is 0.0898. The van der Waals surface area contributed by atoms with Crippen molar-refractivity contribution in [1.29, 1.82) is 0 Å². The van der Waals surface area contributed by atoms with Crippen LogP contribution in [-0.2, 0) is 4.74 Å². The van der Waals surface area contributed by atoms with E-state index < -0.39 is 0 Å². The van der Waals surface area contributed by atoms with Gasteiger partial charge < -0.3 is 14.6 Å². The Morgan fingerprint density at radius 2 is 2.04 bits per heavy atom. The molecule has 1 saturated carbocycles. The van der Waals surface area contributed by atoms with Gasteiger partial charge in [-0.1, -0.05) is 31.0 Å². The summed E-state index contributed by atoms with van der Waals surface area (Å²) in [4.78, 5) is 29.8. The van der Waals surface area contributed by atoms with Crippen LogP contribution in [0.5, 0.6) is 0 Å². The molecule has 1 aromatic carbocycles. The lowest BCUT2D eigenvalue weighted by Crippen LogP contribution is -2.55. The van der Waals surface area contributed by atoms with E-state index in [-0.39, 0.29) is 23.6 Å². The Balaban J connectivity index is 1.69. The van der Waals surface area contributed by atoms with Gasteiger partial charge in [-0.15, -0.1) is 0 Å². The maximum absolute atomic E-state index is 13.0. The molecule has 5 nitrogen and oxygen atoms in total. The number of hydrogen-bond donors (Lipinski definition) is 1. The zero-order valence-corrected chi connectivity index (χ0v) is 13.0. The lowest BCUT2D eigenvalue weighted by molar-refractivity contribution is -0.0754. The topological polar surface area (TPSA) is 62.4 Å². The van der Waals surface area contributed by atoms with Crippen LogP contribution in [0.4, 0.5) is 0 Å². The highest BCUT2D eigenvalue weighted by molar-refractivity contribution is 5.96. The first-order valence-corrected chi connectivity index (χ1v) is 8.29. The van der Waals surface area contributed by atoms with Crippen LogP contribution in [-0.4, -0.2) is 41.1 Å². The van der Waals surface area contributed by atoms with Gasteiger partial charge in [0.25, 0.3) is 11.5 Å². The molecule has 0 unspecified atom stereocenters. The maximum Gasteiger partial charge on any atom is 0.270 e. The molecule has 1 saturated heterocycles. The van der Waals surface area contributed by atoms with Gasteiger partial charge in [-0.2, -0.15) is 0 Å². The number of nitrogens with one attached hydrogen (secondary N) is 1. The van der Waals surface area contributed by atoms with Gasteiger partial charge in [-0.25, -0.2) is 0 Å². The highest BCUT2D eigenvalue weighted by Crippen LogP contribution is 2.29. The third kappa shape index (κ3) is 2.55. The number of hydrogen-bond acceptors (Lipinski definition) is 3. The molecule has 1 amide bonds. The first-order valence-electron chi connectivity index (χ1n) is 8.29. The van der Waals surface area contributed by atoms with Gasteiger partial charge in [0.05, 0.1) is 18.8 Å². The first kappa shape index (κ1) is 14.5. The molecule has 1 aliphatic heterocycles. The van der Waals surface area contributed by atoms with E-state index >= 15 is 0 Å². The average Bonchev–Trinajstić information content (AvgIpc) is 2.60. The van der Waals surface area contributed by atoms with Gasteiger partial charge in [0, 0.05) is 11.9 Å². The molecule has 1 aliphatic carbocycles. The van der Waals surface area contributed by atoms with Crippen molar-refractivity contribution < 1.29 is 9.53 Å². The summed E-state index contributed by atoms with van der Waals surface area (Å²) < 4.78 is 5.83. The summed E-state index contributed by atoms with van der Waals surface area (Å²) in [5.41, 5.74) is 0.167. The van der Waals surface area contributed by atoms with Crippen LogP contribution in [0.1, 0.15) is 36.2 Å². The van der Waals surface area contributed by atoms with Crippen LogP contribution in [0.3, 0.4) is 0 Å². The van der Waals surface area contributed by atoms with Gasteiger partial charge in [0.15, 0.2) is 0 Å². The number of aromatic amines is 1. The van der Waals surface area contributed by atoms with E-state index in [0.29, 0.717) is 24.2 Å². The Labute approximate surface area is 134 Å². The average molecular weight is 312 g/mol. The van der Waals surface area contributed by atoms with Crippen molar-refractivity contribution >= 4 is 16.7 Å². The predicted molar refractivity (Wildman–Crippen MR) is 87.6 cm³/mol. The predicted octanol–water partition coefficient (Wildman–Crippen LogP) is 2.31. The van der Waals surface area contributed by atoms with Gasteiger partial charge in [0.2, 0.25) is 0 Å². The van der Waals surface area contributed by atoms with Crippen molar-refractivity contribution in [2.45, 2.75) is 37.8 Å². The zero-order valence-electron chi connectivity index (χ0n) is 13.0. The summed E-state index contributed by atoms with van der Waals surface area (Å²) in [5, 5.41) is 1.41. The van der Waals surface area contributed by atoms with Crippen molar-refractivity contribution in [3.05, 3.63) is 46.4 Å². The normalized spacial score (nSPS) is 24.4. The third-order valence-electron chi connectivity index (χ3n) is 4.98. The largest absolute Gasteiger partial charge is 0.374 e. The van der Waals surface area contributed by atoms with Crippen LogP contribution in [0.25, 0.3) is 10.8 Å². The molecule has 2 fully saturated rings. The van der Waals surface area contributed by atoms with E-state index in [1.54, 1.807) is 12.1 Å². The van der Waals surface area contributed by atoms with Crippen molar-refractivity contribution in [3.63, 3.8) is 0 Å². The molecule has 23 heavy (non-hydrogen) atoms. The second-order valence-corrected chi connectivity index (χ2v) is 6.36. The van der Waals surface area contributed by atoms with Gasteiger partial charge >= 0.3 is 0 Å². The minimum atomic E-state index is -0.208. The number of H-pyrrole nitrogens is 1. The molecule has 5 heteroatoms. The monoisotopic (exact) mass is 312 g/mol. The van der Waals surface area contributed by atoms with Crippen LogP contribution in [0, 0.1) is 0 Å². The number of benzene rings is 1.